The molecular weight excluding hydrogens is 667 g/mol. The number of allylic oxidation sites excluding steroid dienone is 4. The Hall–Kier alpha value is -2.44. The van der Waals surface area contributed by atoms with Gasteiger partial charge in [0.25, 0.3) is 0 Å². The van der Waals surface area contributed by atoms with E-state index in [0.29, 0.717) is 0 Å². The smallest absolute Gasteiger partial charge is 1.00 e. The van der Waals surface area contributed by atoms with Gasteiger partial charge in [0, 0.05) is 0 Å². The van der Waals surface area contributed by atoms with Crippen LogP contribution in [0.1, 0.15) is 99.6 Å². The molecule has 0 radical (unpaired) electrons. The summed E-state index contributed by atoms with van der Waals surface area (Å²) in [5.41, 5.74) is 11.7. The number of fused-ring (bicyclic) bond motifs is 2. The summed E-state index contributed by atoms with van der Waals surface area (Å²) < 4.78 is 1.52. The van der Waals surface area contributed by atoms with E-state index in [1.54, 1.807) is 10.8 Å². The molecule has 0 heterocycles. The van der Waals surface area contributed by atoms with Crippen molar-refractivity contribution in [1.29, 1.82) is 0 Å². The summed E-state index contributed by atoms with van der Waals surface area (Å²) in [4.78, 5) is 0. The van der Waals surface area contributed by atoms with E-state index in [-0.39, 0.29) is 35.6 Å². The van der Waals surface area contributed by atoms with Crippen LogP contribution in [-0.4, -0.2) is 0 Å². The zero-order valence-corrected chi connectivity index (χ0v) is 30.8. The molecule has 0 N–H and O–H groups in total. The molecule has 0 bridgehead atoms. The number of hydrogen-bond acceptors (Lipinski definition) is 0. The van der Waals surface area contributed by atoms with Crippen LogP contribution in [0, 0.1) is 10.4 Å². The van der Waals surface area contributed by atoms with Gasteiger partial charge in [0.1, 0.15) is 0 Å². The van der Waals surface area contributed by atoms with Gasteiger partial charge in [-0.05, 0) is 0 Å². The molecule has 0 saturated heterocycles. The van der Waals surface area contributed by atoms with Gasteiger partial charge in [-0.25, -0.2) is 0 Å². The average molecular weight is 708 g/mol. The zero-order valence-electron chi connectivity index (χ0n) is 26.8. The first kappa shape index (κ1) is 33.9. The van der Waals surface area contributed by atoms with E-state index < -0.39 is 0 Å². The number of halogens is 2. The van der Waals surface area contributed by atoms with Crippen LogP contribution >= 0.6 is 0 Å². The predicted molar refractivity (Wildman–Crippen MR) is 178 cm³/mol. The second kappa shape index (κ2) is 13.4. The molecule has 1 saturated carbocycles. The van der Waals surface area contributed by atoms with E-state index >= 15 is 0 Å². The molecule has 3 aliphatic rings. The summed E-state index contributed by atoms with van der Waals surface area (Å²) in [5, 5.41) is 5.86. The van der Waals surface area contributed by atoms with Crippen molar-refractivity contribution in [2.45, 2.75) is 77.0 Å². The van der Waals surface area contributed by atoms with Crippen molar-refractivity contribution >= 4 is 14.4 Å². The van der Waals surface area contributed by atoms with E-state index in [0.717, 1.165) is 6.42 Å². The van der Waals surface area contributed by atoms with Gasteiger partial charge < -0.3 is 24.8 Å². The molecule has 3 aliphatic carbocycles. The van der Waals surface area contributed by atoms with Gasteiger partial charge in [-0.2, -0.15) is 0 Å². The fourth-order valence-corrected chi connectivity index (χ4v) is 8.91. The second-order valence-electron chi connectivity index (χ2n) is 13.7. The van der Waals surface area contributed by atoms with Gasteiger partial charge in [-0.1, -0.05) is 0 Å². The van der Waals surface area contributed by atoms with Crippen LogP contribution in [0.5, 0.6) is 0 Å². The molecule has 1 fully saturated rings. The van der Waals surface area contributed by atoms with Gasteiger partial charge in [-0.15, -0.1) is 0 Å². The minimum atomic E-state index is -0.123. The first-order valence-electron chi connectivity index (χ1n) is 16.1. The molecular formula is C42H41Cl2Zr. The largest absolute Gasteiger partial charge is 1.00 e. The number of rotatable bonds is 5. The van der Waals surface area contributed by atoms with Gasteiger partial charge in [0.15, 0.2) is 0 Å². The van der Waals surface area contributed by atoms with E-state index in [1.807, 2.05) is 0 Å². The third-order valence-electron chi connectivity index (χ3n) is 10.4. The maximum atomic E-state index is 2.63. The monoisotopic (exact) mass is 705 g/mol. The molecule has 0 nitrogen and oxygen atoms in total. The Morgan fingerprint density at radius 3 is 1.82 bits per heavy atom. The molecule has 0 aromatic heterocycles. The van der Waals surface area contributed by atoms with E-state index in [2.05, 4.69) is 131 Å². The molecule has 4 aromatic carbocycles. The molecule has 0 amide bonds. The molecule has 45 heavy (non-hydrogen) atoms. The van der Waals surface area contributed by atoms with Crippen molar-refractivity contribution < 1.29 is 49.5 Å². The van der Waals surface area contributed by atoms with Gasteiger partial charge in [-0.3, -0.25) is 0 Å². The van der Waals surface area contributed by atoms with Crippen molar-refractivity contribution in [1.82, 2.24) is 0 Å². The predicted octanol–water partition coefficient (Wildman–Crippen LogP) is 3.11. The van der Waals surface area contributed by atoms with E-state index in [9.17, 15) is 0 Å². The quantitative estimate of drug-likeness (QED) is 0.300. The zero-order chi connectivity index (χ0) is 29.8. The Morgan fingerprint density at radius 1 is 0.600 bits per heavy atom. The third-order valence-corrected chi connectivity index (χ3v) is 11.7. The van der Waals surface area contributed by atoms with Gasteiger partial charge in [0.05, 0.1) is 0 Å². The van der Waals surface area contributed by atoms with Crippen LogP contribution in [0.15, 0.2) is 103 Å². The molecule has 0 spiro atoms. The Morgan fingerprint density at radius 2 is 1.22 bits per heavy atom. The summed E-state index contributed by atoms with van der Waals surface area (Å²) >= 11 is 1.50. The normalized spacial score (nSPS) is 15.6. The second-order valence-corrected chi connectivity index (χ2v) is 14.9. The molecule has 0 unspecified atom stereocenters. The number of benzene rings is 4. The molecule has 7 rings (SSSR count). The summed E-state index contributed by atoms with van der Waals surface area (Å²) in [6.45, 7) is 9.65. The third kappa shape index (κ3) is 5.84. The fraction of sp³-hybridized carbons (Fsp3) is 0.286. The standard InChI is InChI=1S/C42H41.2ClH.Zr/c1-41(2,32-20-10-6-11-21-32)34-25-24-31-26-37-36(35(31)27-34)28-38(42(3,4)33-22-12-7-13-23-33)40(30-16-8-5-9-17-30)39(37)29-18-14-15-19-29;;;/h6-7,10-15,18,20-25,27-28H,5,8-9,16-17,19H2,1-4H3;2*1H;/q;;;+2/p-2. The van der Waals surface area contributed by atoms with Crippen LogP contribution in [0.2, 0.25) is 0 Å². The van der Waals surface area contributed by atoms with Crippen LogP contribution < -0.4 is 35.3 Å². The van der Waals surface area contributed by atoms with Crippen molar-refractivity contribution in [3.8, 4) is 0 Å². The van der Waals surface area contributed by atoms with Crippen LogP contribution in [0.4, 0.5) is 0 Å². The topological polar surface area (TPSA) is 0 Å². The van der Waals surface area contributed by atoms with E-state index in [4.69, 9.17) is 0 Å². The van der Waals surface area contributed by atoms with Crippen LogP contribution in [-0.2, 0) is 35.5 Å². The molecule has 0 aliphatic heterocycles. The Balaban J connectivity index is 0.00000200. The van der Waals surface area contributed by atoms with Crippen molar-refractivity contribution in [2.24, 2.45) is 0 Å². The Labute approximate surface area is 296 Å². The van der Waals surface area contributed by atoms with Crippen LogP contribution in [0.3, 0.4) is 0 Å². The summed E-state index contributed by atoms with van der Waals surface area (Å²) in [7, 11) is 0. The van der Waals surface area contributed by atoms with Crippen LogP contribution in [0.25, 0.3) is 14.4 Å². The first-order valence-corrected chi connectivity index (χ1v) is 17.3. The molecule has 4 aromatic rings. The Bertz CT molecular complexity index is 2010. The Kier molecular flexibility index (Phi) is 10.1. The summed E-state index contributed by atoms with van der Waals surface area (Å²) in [6, 6.07) is 32.2. The van der Waals surface area contributed by atoms with Gasteiger partial charge in [0.2, 0.25) is 0 Å². The van der Waals surface area contributed by atoms with E-state index in [1.165, 1.54) is 115 Å². The summed E-state index contributed by atoms with van der Waals surface area (Å²) in [5.74, 6) is 0. The maximum absolute atomic E-state index is 2.63. The summed E-state index contributed by atoms with van der Waals surface area (Å²) in [6.07, 6.45) is 14.5. The maximum Gasteiger partial charge on any atom is -1.00 e. The molecule has 3 heteroatoms. The minimum absolute atomic E-state index is 0. The molecule has 227 valence electrons. The molecule has 0 atom stereocenters. The first-order chi connectivity index (χ1) is 20.8. The van der Waals surface area contributed by atoms with Gasteiger partial charge >= 0.3 is 274 Å². The SMILES string of the molecule is CC(C)(c1ccccc1)c1ccc2c(c1)=c1cc(C(C)(C)c3ccccc3)c(=C3CCCCC3)c(C3=CC=CC3)c1[C]=2[Zr+2].[Cl-].[Cl-]. The fourth-order valence-electron chi connectivity index (χ4n) is 7.74. The average Bonchev–Trinajstić information content (AvgIpc) is 3.68. The van der Waals surface area contributed by atoms with Crippen molar-refractivity contribution in [2.75, 3.05) is 0 Å². The van der Waals surface area contributed by atoms with Crippen molar-refractivity contribution in [3.05, 3.63) is 157 Å². The number of hydrogen-bond donors (Lipinski definition) is 0. The minimum Gasteiger partial charge on any atom is -1.00 e. The van der Waals surface area contributed by atoms with Crippen molar-refractivity contribution in [3.63, 3.8) is 0 Å².